The molecule has 1 N–H and O–H groups in total. The van der Waals surface area contributed by atoms with Crippen LogP contribution < -0.4 is 5.32 Å². The van der Waals surface area contributed by atoms with Crippen molar-refractivity contribution in [2.45, 2.75) is 38.5 Å². The third-order valence-corrected chi connectivity index (χ3v) is 3.16. The molecule has 0 aromatic carbocycles. The lowest BCUT2D eigenvalue weighted by molar-refractivity contribution is -0.155. The number of amides is 2. The van der Waals surface area contributed by atoms with E-state index < -0.39 is 11.6 Å². The van der Waals surface area contributed by atoms with Crippen molar-refractivity contribution in [1.82, 2.24) is 10.2 Å². The fourth-order valence-corrected chi connectivity index (χ4v) is 1.98. The van der Waals surface area contributed by atoms with Crippen molar-refractivity contribution in [3.05, 3.63) is 0 Å². The fourth-order valence-electron chi connectivity index (χ4n) is 1.98. The second-order valence-electron chi connectivity index (χ2n) is 5.06. The maximum Gasteiger partial charge on any atom is 0.248 e. The number of piperazine rings is 1. The first kappa shape index (κ1) is 14.9. The number of nitrogens with zero attached hydrogens (tertiary/aromatic N) is 1. The summed E-state index contributed by atoms with van der Waals surface area (Å²) in [6.45, 7) is 5.84. The Morgan fingerprint density at radius 1 is 1.39 bits per heavy atom. The molecule has 0 aliphatic carbocycles. The van der Waals surface area contributed by atoms with E-state index in [1.807, 2.05) is 0 Å². The SMILES string of the molecule is COCC(CN1C(=O)C(C)(C)NC(=O)C1C)OC. The Kier molecular flexibility index (Phi) is 4.70. The van der Waals surface area contributed by atoms with Gasteiger partial charge in [0.25, 0.3) is 0 Å². The third-order valence-electron chi connectivity index (χ3n) is 3.16. The molecule has 1 aliphatic rings. The van der Waals surface area contributed by atoms with E-state index in [1.54, 1.807) is 39.9 Å². The van der Waals surface area contributed by atoms with Crippen molar-refractivity contribution >= 4 is 11.8 Å². The van der Waals surface area contributed by atoms with Crippen molar-refractivity contribution < 1.29 is 19.1 Å². The molecule has 0 saturated carbocycles. The van der Waals surface area contributed by atoms with Crippen LogP contribution in [-0.4, -0.2) is 61.8 Å². The van der Waals surface area contributed by atoms with Gasteiger partial charge < -0.3 is 19.7 Å². The summed E-state index contributed by atoms with van der Waals surface area (Å²) >= 11 is 0. The summed E-state index contributed by atoms with van der Waals surface area (Å²) in [5.41, 5.74) is -0.866. The van der Waals surface area contributed by atoms with Crippen molar-refractivity contribution in [2.75, 3.05) is 27.4 Å². The van der Waals surface area contributed by atoms with E-state index in [4.69, 9.17) is 9.47 Å². The summed E-state index contributed by atoms with van der Waals surface area (Å²) in [7, 11) is 3.14. The molecule has 18 heavy (non-hydrogen) atoms. The van der Waals surface area contributed by atoms with Crippen LogP contribution in [0.4, 0.5) is 0 Å². The van der Waals surface area contributed by atoms with Crippen LogP contribution in [0.25, 0.3) is 0 Å². The van der Waals surface area contributed by atoms with Crippen molar-refractivity contribution in [2.24, 2.45) is 0 Å². The van der Waals surface area contributed by atoms with E-state index in [-0.39, 0.29) is 17.9 Å². The topological polar surface area (TPSA) is 67.9 Å². The molecule has 1 heterocycles. The highest BCUT2D eigenvalue weighted by Gasteiger charge is 2.43. The van der Waals surface area contributed by atoms with Crippen molar-refractivity contribution in [3.8, 4) is 0 Å². The van der Waals surface area contributed by atoms with Gasteiger partial charge in [-0.05, 0) is 20.8 Å². The van der Waals surface area contributed by atoms with Crippen molar-refractivity contribution in [3.63, 3.8) is 0 Å². The van der Waals surface area contributed by atoms with Gasteiger partial charge in [-0.3, -0.25) is 9.59 Å². The number of rotatable bonds is 5. The summed E-state index contributed by atoms with van der Waals surface area (Å²) < 4.78 is 10.3. The first-order valence-electron chi connectivity index (χ1n) is 5.98. The molecule has 2 amide bonds. The van der Waals surface area contributed by atoms with E-state index in [0.717, 1.165) is 0 Å². The second-order valence-corrected chi connectivity index (χ2v) is 5.06. The number of carbonyl (C=O) groups is 2. The molecule has 1 rings (SSSR count). The molecule has 1 fully saturated rings. The Hall–Kier alpha value is -1.14. The van der Waals surface area contributed by atoms with Crippen LogP contribution in [0.1, 0.15) is 20.8 Å². The molecule has 6 heteroatoms. The summed E-state index contributed by atoms with van der Waals surface area (Å²) in [5.74, 6) is -0.250. The fraction of sp³-hybridized carbons (Fsp3) is 0.833. The maximum absolute atomic E-state index is 12.3. The lowest BCUT2D eigenvalue weighted by atomic mass is 9.97. The van der Waals surface area contributed by atoms with Crippen molar-refractivity contribution in [1.29, 1.82) is 0 Å². The van der Waals surface area contributed by atoms with E-state index in [0.29, 0.717) is 13.2 Å². The van der Waals surface area contributed by atoms with Gasteiger partial charge >= 0.3 is 0 Å². The highest BCUT2D eigenvalue weighted by molar-refractivity contribution is 5.99. The van der Waals surface area contributed by atoms with Gasteiger partial charge in [0.05, 0.1) is 19.3 Å². The summed E-state index contributed by atoms with van der Waals surface area (Å²) in [6.07, 6.45) is -0.233. The van der Waals surface area contributed by atoms with Crippen LogP contribution in [0.2, 0.25) is 0 Å². The van der Waals surface area contributed by atoms with E-state index in [1.165, 1.54) is 0 Å². The second kappa shape index (κ2) is 5.67. The Bertz CT molecular complexity index is 330. The number of ether oxygens (including phenoxy) is 2. The molecular weight excluding hydrogens is 236 g/mol. The first-order valence-corrected chi connectivity index (χ1v) is 5.98. The van der Waals surface area contributed by atoms with Crippen LogP contribution in [0, 0.1) is 0 Å². The Morgan fingerprint density at radius 3 is 2.50 bits per heavy atom. The van der Waals surface area contributed by atoms with Gasteiger partial charge in [-0.2, -0.15) is 0 Å². The summed E-state index contributed by atoms with van der Waals surface area (Å²) in [6, 6.07) is -0.486. The van der Waals surface area contributed by atoms with Gasteiger partial charge in [0, 0.05) is 14.2 Å². The van der Waals surface area contributed by atoms with Gasteiger partial charge in [-0.25, -0.2) is 0 Å². The highest BCUT2D eigenvalue weighted by atomic mass is 16.5. The van der Waals surface area contributed by atoms with E-state index in [9.17, 15) is 9.59 Å². The monoisotopic (exact) mass is 258 g/mol. The minimum absolute atomic E-state index is 0.104. The molecule has 0 spiro atoms. The zero-order valence-corrected chi connectivity index (χ0v) is 11.6. The average molecular weight is 258 g/mol. The molecule has 104 valence electrons. The number of carbonyl (C=O) groups excluding carboxylic acids is 2. The van der Waals surface area contributed by atoms with Gasteiger partial charge in [0.15, 0.2) is 0 Å². The predicted molar refractivity (Wildman–Crippen MR) is 66.1 cm³/mol. The molecule has 6 nitrogen and oxygen atoms in total. The minimum Gasteiger partial charge on any atom is -0.382 e. The number of hydrogen-bond acceptors (Lipinski definition) is 4. The zero-order valence-electron chi connectivity index (χ0n) is 11.6. The van der Waals surface area contributed by atoms with Gasteiger partial charge in [0.1, 0.15) is 11.6 Å². The molecule has 0 aromatic rings. The Morgan fingerprint density at radius 2 is 2.00 bits per heavy atom. The van der Waals surface area contributed by atoms with Crippen LogP contribution >= 0.6 is 0 Å². The number of hydrogen-bond donors (Lipinski definition) is 1. The first-order chi connectivity index (χ1) is 8.33. The smallest absolute Gasteiger partial charge is 0.248 e. The predicted octanol–water partition coefficient (Wildman–Crippen LogP) is -0.227. The lowest BCUT2D eigenvalue weighted by Gasteiger charge is -2.42. The Balaban J connectivity index is 2.83. The van der Waals surface area contributed by atoms with E-state index >= 15 is 0 Å². The zero-order chi connectivity index (χ0) is 13.9. The largest absolute Gasteiger partial charge is 0.382 e. The molecule has 1 aliphatic heterocycles. The van der Waals surface area contributed by atoms with Crippen LogP contribution in [0.3, 0.4) is 0 Å². The molecule has 1 saturated heterocycles. The minimum atomic E-state index is -0.866. The standard InChI is InChI=1S/C12H22N2O4/c1-8-10(15)13-12(2,3)11(16)14(8)6-9(18-5)7-17-4/h8-9H,6-7H2,1-5H3,(H,13,15). The van der Waals surface area contributed by atoms with Crippen LogP contribution in [-0.2, 0) is 19.1 Å². The highest BCUT2D eigenvalue weighted by Crippen LogP contribution is 2.18. The van der Waals surface area contributed by atoms with Gasteiger partial charge in [-0.15, -0.1) is 0 Å². The molecule has 2 unspecified atom stereocenters. The average Bonchev–Trinajstić information content (AvgIpc) is 2.30. The lowest BCUT2D eigenvalue weighted by Crippen LogP contribution is -2.68. The normalized spacial score (nSPS) is 24.9. The molecule has 2 atom stereocenters. The molecular formula is C12H22N2O4. The third kappa shape index (κ3) is 3.00. The van der Waals surface area contributed by atoms with Crippen LogP contribution in [0.15, 0.2) is 0 Å². The maximum atomic E-state index is 12.3. The molecule has 0 bridgehead atoms. The summed E-state index contributed by atoms with van der Waals surface area (Å²) in [5, 5.41) is 2.71. The summed E-state index contributed by atoms with van der Waals surface area (Å²) in [4.78, 5) is 25.6. The van der Waals surface area contributed by atoms with Crippen LogP contribution in [0.5, 0.6) is 0 Å². The molecule has 0 aromatic heterocycles. The molecule has 0 radical (unpaired) electrons. The van der Waals surface area contributed by atoms with E-state index in [2.05, 4.69) is 5.32 Å². The Labute approximate surface area is 108 Å². The van der Waals surface area contributed by atoms with Gasteiger partial charge in [0.2, 0.25) is 11.8 Å². The number of nitrogens with one attached hydrogen (secondary N) is 1. The van der Waals surface area contributed by atoms with Gasteiger partial charge in [-0.1, -0.05) is 0 Å². The quantitative estimate of drug-likeness (QED) is 0.740. The number of methoxy groups -OCH3 is 2.